The van der Waals surface area contributed by atoms with E-state index in [0.29, 0.717) is 10.6 Å². The Kier molecular flexibility index (Phi) is 4.85. The standard InChI is InChI=1S/C15H14ClN5OS2/c1-21-7-10(16)12(20-21)13(22)18-15(23)19-14-9(6-17)8-4-2-3-5-11(8)24-14/h7H,2-5H2,1H3,(H2,18,19,22,23). The Morgan fingerprint density at radius 1 is 1.50 bits per heavy atom. The summed E-state index contributed by atoms with van der Waals surface area (Å²) in [5.41, 5.74) is 1.84. The lowest BCUT2D eigenvalue weighted by Gasteiger charge is -2.09. The number of halogens is 1. The molecule has 0 radical (unpaired) electrons. The number of carbonyl (C=O) groups is 1. The minimum absolute atomic E-state index is 0.106. The summed E-state index contributed by atoms with van der Waals surface area (Å²) < 4.78 is 1.45. The van der Waals surface area contributed by atoms with Crippen LogP contribution in [0.15, 0.2) is 6.20 Å². The lowest BCUT2D eigenvalue weighted by molar-refractivity contribution is 0.0972. The lowest BCUT2D eigenvalue weighted by Crippen LogP contribution is -2.34. The number of hydrogen-bond acceptors (Lipinski definition) is 5. The predicted molar refractivity (Wildman–Crippen MR) is 97.6 cm³/mol. The third kappa shape index (κ3) is 3.29. The number of aryl methyl sites for hydroxylation is 2. The van der Waals surface area contributed by atoms with Crippen molar-refractivity contribution in [1.29, 1.82) is 5.26 Å². The van der Waals surface area contributed by atoms with Crippen LogP contribution in [0.1, 0.15) is 39.3 Å². The maximum Gasteiger partial charge on any atom is 0.279 e. The zero-order valence-electron chi connectivity index (χ0n) is 12.9. The number of thiocarbonyl (C=S) groups is 1. The molecule has 0 atom stereocenters. The molecule has 6 nitrogen and oxygen atoms in total. The smallest absolute Gasteiger partial charge is 0.279 e. The predicted octanol–water partition coefficient (Wildman–Crippen LogP) is 3.01. The monoisotopic (exact) mass is 379 g/mol. The number of rotatable bonds is 2. The zero-order chi connectivity index (χ0) is 17.3. The summed E-state index contributed by atoms with van der Waals surface area (Å²) in [5, 5.41) is 20.0. The molecule has 0 spiro atoms. The van der Waals surface area contributed by atoms with E-state index in [9.17, 15) is 10.1 Å². The van der Waals surface area contributed by atoms with Crippen LogP contribution in [0.4, 0.5) is 5.00 Å². The highest BCUT2D eigenvalue weighted by molar-refractivity contribution is 7.80. The van der Waals surface area contributed by atoms with Crippen molar-refractivity contribution >= 4 is 51.2 Å². The Bertz CT molecular complexity index is 864. The van der Waals surface area contributed by atoms with Crippen LogP contribution in [-0.4, -0.2) is 20.8 Å². The molecule has 2 heterocycles. The van der Waals surface area contributed by atoms with Crippen molar-refractivity contribution in [3.05, 3.63) is 32.9 Å². The van der Waals surface area contributed by atoms with Crippen LogP contribution in [0.5, 0.6) is 0 Å². The van der Waals surface area contributed by atoms with Crippen LogP contribution >= 0.6 is 35.2 Å². The number of thiophene rings is 1. The molecule has 2 N–H and O–H groups in total. The fourth-order valence-electron chi connectivity index (χ4n) is 2.68. The second-order valence-electron chi connectivity index (χ2n) is 5.43. The van der Waals surface area contributed by atoms with Gasteiger partial charge in [-0.15, -0.1) is 11.3 Å². The first-order valence-corrected chi connectivity index (χ1v) is 8.96. The minimum Gasteiger partial charge on any atom is -0.323 e. The fourth-order valence-corrected chi connectivity index (χ4v) is 4.45. The molecule has 24 heavy (non-hydrogen) atoms. The molecule has 0 bridgehead atoms. The number of anilines is 1. The Morgan fingerprint density at radius 3 is 2.92 bits per heavy atom. The third-order valence-corrected chi connectivity index (χ3v) is 5.42. The Morgan fingerprint density at radius 2 is 2.25 bits per heavy atom. The van der Waals surface area contributed by atoms with E-state index in [1.165, 1.54) is 27.1 Å². The number of amides is 1. The molecule has 1 amide bonds. The highest BCUT2D eigenvalue weighted by Gasteiger charge is 2.22. The second-order valence-corrected chi connectivity index (χ2v) is 7.36. The summed E-state index contributed by atoms with van der Waals surface area (Å²) in [4.78, 5) is 13.4. The molecule has 124 valence electrons. The van der Waals surface area contributed by atoms with Gasteiger partial charge in [-0.1, -0.05) is 11.6 Å². The van der Waals surface area contributed by atoms with Crippen molar-refractivity contribution < 1.29 is 4.79 Å². The van der Waals surface area contributed by atoms with E-state index in [1.807, 2.05) is 0 Å². The van der Waals surface area contributed by atoms with Gasteiger partial charge in [0.15, 0.2) is 10.8 Å². The van der Waals surface area contributed by atoms with Gasteiger partial charge < -0.3 is 5.32 Å². The molecule has 1 aliphatic carbocycles. The van der Waals surface area contributed by atoms with Crippen molar-refractivity contribution in [3.8, 4) is 6.07 Å². The van der Waals surface area contributed by atoms with Crippen molar-refractivity contribution in [2.75, 3.05) is 5.32 Å². The van der Waals surface area contributed by atoms with Crippen molar-refractivity contribution in [2.24, 2.45) is 7.05 Å². The molecular weight excluding hydrogens is 366 g/mol. The normalized spacial score (nSPS) is 13.0. The summed E-state index contributed by atoms with van der Waals surface area (Å²) in [6.45, 7) is 0. The van der Waals surface area contributed by atoms with Gasteiger partial charge in [-0.05, 0) is 43.5 Å². The average molecular weight is 380 g/mol. The highest BCUT2D eigenvalue weighted by Crippen LogP contribution is 2.37. The first kappa shape index (κ1) is 16.9. The van der Waals surface area contributed by atoms with Crippen LogP contribution in [0.25, 0.3) is 0 Å². The molecule has 0 aromatic carbocycles. The van der Waals surface area contributed by atoms with Crippen LogP contribution in [0, 0.1) is 11.3 Å². The van der Waals surface area contributed by atoms with Gasteiger partial charge in [0, 0.05) is 18.1 Å². The molecule has 0 fully saturated rings. The fraction of sp³-hybridized carbons (Fsp3) is 0.333. The molecule has 0 aliphatic heterocycles. The number of fused-ring (bicyclic) bond motifs is 1. The first-order chi connectivity index (χ1) is 11.5. The Balaban J connectivity index is 1.74. The van der Waals surface area contributed by atoms with Gasteiger partial charge in [0.25, 0.3) is 5.91 Å². The second kappa shape index (κ2) is 6.89. The summed E-state index contributed by atoms with van der Waals surface area (Å²) >= 11 is 12.7. The number of nitrogens with zero attached hydrogens (tertiary/aromatic N) is 3. The molecule has 2 aromatic rings. The topological polar surface area (TPSA) is 82.7 Å². The van der Waals surface area contributed by atoms with Crippen molar-refractivity contribution in [2.45, 2.75) is 25.7 Å². The number of hydrogen-bond donors (Lipinski definition) is 2. The summed E-state index contributed by atoms with van der Waals surface area (Å²) in [7, 11) is 1.68. The van der Waals surface area contributed by atoms with E-state index < -0.39 is 5.91 Å². The highest BCUT2D eigenvalue weighted by atomic mass is 35.5. The quantitative estimate of drug-likeness (QED) is 0.784. The first-order valence-electron chi connectivity index (χ1n) is 7.35. The number of nitriles is 1. The molecule has 2 aromatic heterocycles. The molecule has 3 rings (SSSR count). The summed E-state index contributed by atoms with van der Waals surface area (Å²) in [6, 6.07) is 2.25. The molecule has 9 heteroatoms. The van der Waals surface area contributed by atoms with Gasteiger partial charge in [-0.3, -0.25) is 14.8 Å². The minimum atomic E-state index is -0.488. The summed E-state index contributed by atoms with van der Waals surface area (Å²) in [5.74, 6) is -0.488. The SMILES string of the molecule is Cn1cc(Cl)c(C(=O)NC(=S)Nc2sc3c(c2C#N)CCCC3)n1. The van der Waals surface area contributed by atoms with Crippen molar-refractivity contribution in [1.82, 2.24) is 15.1 Å². The number of nitrogens with one attached hydrogen (secondary N) is 2. The van der Waals surface area contributed by atoms with E-state index in [2.05, 4.69) is 21.8 Å². The number of carbonyl (C=O) groups excluding carboxylic acids is 1. The molecule has 0 unspecified atom stereocenters. The molecule has 0 saturated carbocycles. The van der Waals surface area contributed by atoms with Gasteiger partial charge >= 0.3 is 0 Å². The Hall–Kier alpha value is -1.95. The molecule has 0 saturated heterocycles. The van der Waals surface area contributed by atoms with E-state index in [4.69, 9.17) is 23.8 Å². The molecular formula is C15H14ClN5OS2. The maximum atomic E-state index is 12.2. The summed E-state index contributed by atoms with van der Waals surface area (Å²) in [6.07, 6.45) is 5.67. The number of aromatic nitrogens is 2. The van der Waals surface area contributed by atoms with Crippen molar-refractivity contribution in [3.63, 3.8) is 0 Å². The van der Waals surface area contributed by atoms with Gasteiger partial charge in [-0.25, -0.2) is 0 Å². The van der Waals surface area contributed by atoms with Crippen LogP contribution in [0.3, 0.4) is 0 Å². The average Bonchev–Trinajstić information content (AvgIpc) is 3.05. The van der Waals surface area contributed by atoms with Gasteiger partial charge in [-0.2, -0.15) is 10.4 Å². The van der Waals surface area contributed by atoms with Gasteiger partial charge in [0.05, 0.1) is 10.6 Å². The van der Waals surface area contributed by atoms with Gasteiger partial charge in [0.2, 0.25) is 0 Å². The largest absolute Gasteiger partial charge is 0.323 e. The van der Waals surface area contributed by atoms with E-state index in [0.717, 1.165) is 31.2 Å². The van der Waals surface area contributed by atoms with E-state index in [1.54, 1.807) is 7.05 Å². The van der Waals surface area contributed by atoms with Crippen LogP contribution in [0.2, 0.25) is 5.02 Å². The van der Waals surface area contributed by atoms with Crippen LogP contribution in [-0.2, 0) is 19.9 Å². The van der Waals surface area contributed by atoms with Crippen LogP contribution < -0.4 is 10.6 Å². The molecule has 1 aliphatic rings. The zero-order valence-corrected chi connectivity index (χ0v) is 15.2. The maximum absolute atomic E-state index is 12.2. The Labute approximate surface area is 153 Å². The lowest BCUT2D eigenvalue weighted by atomic mass is 9.96. The van der Waals surface area contributed by atoms with E-state index >= 15 is 0 Å². The third-order valence-electron chi connectivity index (χ3n) is 3.74. The van der Waals surface area contributed by atoms with E-state index in [-0.39, 0.29) is 15.8 Å². The van der Waals surface area contributed by atoms with Gasteiger partial charge in [0.1, 0.15) is 11.1 Å².